The highest BCUT2D eigenvalue weighted by Gasteiger charge is 2.22. The Balaban J connectivity index is 2.19. The van der Waals surface area contributed by atoms with E-state index in [2.05, 4.69) is 26.0 Å². The summed E-state index contributed by atoms with van der Waals surface area (Å²) in [4.78, 5) is 10.3. The molecule has 0 aromatic heterocycles. The van der Waals surface area contributed by atoms with E-state index in [9.17, 15) is 9.90 Å². The molecule has 2 aromatic rings. The quantitative estimate of drug-likeness (QED) is 0.835. The number of hydrogen-bond acceptors (Lipinski definition) is 3. The van der Waals surface area contributed by atoms with Crippen LogP contribution in [0, 0.1) is 0 Å². The Labute approximate surface area is 118 Å². The van der Waals surface area contributed by atoms with Crippen LogP contribution in [0.4, 0.5) is 0 Å². The Hall–Kier alpha value is -2.29. The summed E-state index contributed by atoms with van der Waals surface area (Å²) in [5, 5.41) is 10.3. The van der Waals surface area contributed by atoms with Gasteiger partial charge in [0.25, 0.3) is 0 Å². The lowest BCUT2D eigenvalue weighted by molar-refractivity contribution is -0.307. The minimum Gasteiger partial charge on any atom is -0.546 e. The van der Waals surface area contributed by atoms with E-state index in [1.807, 2.05) is 30.3 Å². The topological polar surface area (TPSA) is 49.4 Å². The van der Waals surface area contributed by atoms with Crippen molar-refractivity contribution in [1.82, 2.24) is 0 Å². The van der Waals surface area contributed by atoms with Gasteiger partial charge >= 0.3 is 0 Å². The fourth-order valence-electron chi connectivity index (χ4n) is 2.13. The molecule has 0 spiro atoms. The molecule has 3 nitrogen and oxygen atoms in total. The van der Waals surface area contributed by atoms with Crippen molar-refractivity contribution in [2.45, 2.75) is 19.3 Å². The maximum atomic E-state index is 10.3. The molecule has 0 aliphatic carbocycles. The second-order valence-electron chi connectivity index (χ2n) is 5.18. The van der Waals surface area contributed by atoms with Gasteiger partial charge in [0.1, 0.15) is 12.4 Å². The molecule has 104 valence electrons. The first-order valence-corrected chi connectivity index (χ1v) is 6.49. The van der Waals surface area contributed by atoms with Crippen LogP contribution in [0.3, 0.4) is 0 Å². The van der Waals surface area contributed by atoms with Gasteiger partial charge in [0.15, 0.2) is 0 Å². The largest absolute Gasteiger partial charge is 0.546 e. The number of hydrogen-bond donors (Lipinski definition) is 0. The van der Waals surface area contributed by atoms with Gasteiger partial charge in [-0.25, -0.2) is 0 Å². The van der Waals surface area contributed by atoms with Crippen LogP contribution >= 0.6 is 0 Å². The number of ether oxygens (including phenoxy) is 1. The first-order chi connectivity index (χ1) is 9.50. The molecule has 0 heterocycles. The molecule has 0 saturated carbocycles. The summed E-state index contributed by atoms with van der Waals surface area (Å²) in [6.45, 7) is 3.88. The van der Waals surface area contributed by atoms with Crippen LogP contribution in [0.25, 0.3) is 0 Å². The molecule has 2 rings (SSSR count). The van der Waals surface area contributed by atoms with E-state index in [-0.39, 0.29) is 5.41 Å². The van der Waals surface area contributed by atoms with E-state index in [4.69, 9.17) is 4.74 Å². The summed E-state index contributed by atoms with van der Waals surface area (Å²) in [6.07, 6.45) is 0. The SMILES string of the molecule is CC(C)(c1ccccc1)c1ccc(OCC(=O)[O-])cc1. The standard InChI is InChI=1S/C17H18O3/c1-17(2,13-6-4-3-5-7-13)14-8-10-15(11-9-14)20-12-16(18)19/h3-11H,12H2,1-2H3,(H,18,19)/p-1. The molecular formula is C17H17O3-. The Kier molecular flexibility index (Phi) is 4.08. The van der Waals surface area contributed by atoms with E-state index in [1.165, 1.54) is 5.56 Å². The molecule has 0 fully saturated rings. The van der Waals surface area contributed by atoms with Crippen LogP contribution in [0.1, 0.15) is 25.0 Å². The van der Waals surface area contributed by atoms with E-state index >= 15 is 0 Å². The van der Waals surface area contributed by atoms with Crippen LogP contribution < -0.4 is 9.84 Å². The summed E-state index contributed by atoms with van der Waals surface area (Å²) >= 11 is 0. The van der Waals surface area contributed by atoms with Gasteiger partial charge in [-0.1, -0.05) is 56.3 Å². The third kappa shape index (κ3) is 3.18. The molecule has 0 radical (unpaired) electrons. The van der Waals surface area contributed by atoms with Crippen LogP contribution in [-0.2, 0) is 10.2 Å². The lowest BCUT2D eigenvalue weighted by Crippen LogP contribution is -2.28. The molecule has 0 amide bonds. The Morgan fingerprint density at radius 2 is 1.55 bits per heavy atom. The minimum absolute atomic E-state index is 0.117. The average molecular weight is 269 g/mol. The summed E-state index contributed by atoms with van der Waals surface area (Å²) < 4.78 is 5.08. The summed E-state index contributed by atoms with van der Waals surface area (Å²) in [5.41, 5.74) is 2.25. The predicted molar refractivity (Wildman–Crippen MR) is 75.5 cm³/mol. The number of aliphatic carboxylic acids is 1. The Morgan fingerprint density at radius 3 is 2.10 bits per heavy atom. The van der Waals surface area contributed by atoms with Crippen molar-refractivity contribution in [2.24, 2.45) is 0 Å². The molecule has 0 atom stereocenters. The maximum absolute atomic E-state index is 10.3. The van der Waals surface area contributed by atoms with Gasteiger partial charge in [-0.15, -0.1) is 0 Å². The van der Waals surface area contributed by atoms with Crippen LogP contribution in [0.15, 0.2) is 54.6 Å². The Bertz CT molecular complexity index is 571. The van der Waals surface area contributed by atoms with Crippen LogP contribution in [-0.4, -0.2) is 12.6 Å². The Morgan fingerprint density at radius 1 is 1.00 bits per heavy atom. The number of carboxylic acids is 1. The summed E-state index contributed by atoms with van der Waals surface area (Å²) in [7, 11) is 0. The van der Waals surface area contributed by atoms with Crippen molar-refractivity contribution < 1.29 is 14.6 Å². The van der Waals surface area contributed by atoms with Crippen LogP contribution in [0.2, 0.25) is 0 Å². The molecular weight excluding hydrogens is 252 g/mol. The smallest absolute Gasteiger partial charge is 0.128 e. The monoisotopic (exact) mass is 269 g/mol. The van der Waals surface area contributed by atoms with Gasteiger partial charge in [0.05, 0.1) is 5.97 Å². The number of carboxylic acid groups (broad SMARTS) is 1. The van der Waals surface area contributed by atoms with Crippen molar-refractivity contribution in [3.05, 3.63) is 65.7 Å². The number of rotatable bonds is 5. The van der Waals surface area contributed by atoms with Gasteiger partial charge in [-0.05, 0) is 23.3 Å². The zero-order valence-electron chi connectivity index (χ0n) is 11.6. The lowest BCUT2D eigenvalue weighted by atomic mass is 9.78. The molecule has 2 aromatic carbocycles. The highest BCUT2D eigenvalue weighted by Crippen LogP contribution is 2.32. The van der Waals surface area contributed by atoms with Crippen molar-refractivity contribution in [3.8, 4) is 5.75 Å². The molecule has 0 aliphatic rings. The summed E-state index contributed by atoms with van der Waals surface area (Å²) in [5.74, 6) is -0.694. The first kappa shape index (κ1) is 14.1. The molecule has 0 saturated heterocycles. The van der Waals surface area contributed by atoms with E-state index < -0.39 is 12.6 Å². The number of carbonyl (C=O) groups excluding carboxylic acids is 1. The van der Waals surface area contributed by atoms with Gasteiger partial charge in [-0.3, -0.25) is 0 Å². The highest BCUT2D eigenvalue weighted by atomic mass is 16.5. The molecule has 0 N–H and O–H groups in total. The first-order valence-electron chi connectivity index (χ1n) is 6.49. The lowest BCUT2D eigenvalue weighted by Gasteiger charge is -2.26. The molecule has 3 heteroatoms. The van der Waals surface area contributed by atoms with E-state index in [0.717, 1.165) is 5.56 Å². The van der Waals surface area contributed by atoms with Crippen LogP contribution in [0.5, 0.6) is 5.75 Å². The number of benzene rings is 2. The normalized spacial score (nSPS) is 11.1. The molecule has 20 heavy (non-hydrogen) atoms. The third-order valence-electron chi connectivity index (χ3n) is 3.43. The highest BCUT2D eigenvalue weighted by molar-refractivity contribution is 5.66. The van der Waals surface area contributed by atoms with Gasteiger partial charge in [0, 0.05) is 5.41 Å². The van der Waals surface area contributed by atoms with Crippen molar-refractivity contribution in [1.29, 1.82) is 0 Å². The molecule has 0 bridgehead atoms. The van der Waals surface area contributed by atoms with Gasteiger partial charge in [-0.2, -0.15) is 0 Å². The average Bonchev–Trinajstić information content (AvgIpc) is 2.46. The zero-order chi connectivity index (χ0) is 14.6. The second kappa shape index (κ2) is 5.78. The third-order valence-corrected chi connectivity index (χ3v) is 3.43. The predicted octanol–water partition coefficient (Wildman–Crippen LogP) is 2.14. The molecule has 0 unspecified atom stereocenters. The maximum Gasteiger partial charge on any atom is 0.128 e. The minimum atomic E-state index is -1.22. The van der Waals surface area contributed by atoms with Crippen molar-refractivity contribution in [2.75, 3.05) is 6.61 Å². The van der Waals surface area contributed by atoms with Gasteiger partial charge < -0.3 is 14.6 Å². The van der Waals surface area contributed by atoms with Crippen molar-refractivity contribution >= 4 is 5.97 Å². The zero-order valence-corrected chi connectivity index (χ0v) is 11.6. The molecule has 0 aliphatic heterocycles. The fraction of sp³-hybridized carbons (Fsp3) is 0.235. The fourth-order valence-corrected chi connectivity index (χ4v) is 2.13. The van der Waals surface area contributed by atoms with E-state index in [1.54, 1.807) is 12.1 Å². The van der Waals surface area contributed by atoms with Gasteiger partial charge in [0.2, 0.25) is 0 Å². The van der Waals surface area contributed by atoms with E-state index in [0.29, 0.717) is 5.75 Å². The second-order valence-corrected chi connectivity index (χ2v) is 5.18. The van der Waals surface area contributed by atoms with Crippen molar-refractivity contribution in [3.63, 3.8) is 0 Å². The number of carbonyl (C=O) groups is 1. The summed E-state index contributed by atoms with van der Waals surface area (Å²) in [6, 6.07) is 17.7.